The van der Waals surface area contributed by atoms with Gasteiger partial charge in [-0.3, -0.25) is 4.79 Å². The van der Waals surface area contributed by atoms with Crippen molar-refractivity contribution in [1.29, 1.82) is 0 Å². The second-order valence-electron chi connectivity index (χ2n) is 6.24. The fourth-order valence-electron chi connectivity index (χ4n) is 3.44. The SMILES string of the molecule is O=C(c1cccc2c1OCCO2)N1C[C@H](O)C[C@H]1c1ccc(F)cc1. The third-order valence-corrected chi connectivity index (χ3v) is 4.59. The Hall–Kier alpha value is -2.60. The van der Waals surface area contributed by atoms with Crippen molar-refractivity contribution in [3.63, 3.8) is 0 Å². The van der Waals surface area contributed by atoms with Crippen LogP contribution in [0.2, 0.25) is 0 Å². The lowest BCUT2D eigenvalue weighted by atomic mass is 10.0. The Balaban J connectivity index is 1.67. The molecular weight excluding hydrogens is 325 g/mol. The number of para-hydroxylation sites is 1. The lowest BCUT2D eigenvalue weighted by Gasteiger charge is -2.27. The van der Waals surface area contributed by atoms with E-state index in [9.17, 15) is 14.3 Å². The third-order valence-electron chi connectivity index (χ3n) is 4.59. The molecule has 2 aliphatic heterocycles. The van der Waals surface area contributed by atoms with Gasteiger partial charge in [0.15, 0.2) is 11.5 Å². The Morgan fingerprint density at radius 3 is 2.68 bits per heavy atom. The van der Waals surface area contributed by atoms with Gasteiger partial charge in [-0.1, -0.05) is 18.2 Å². The van der Waals surface area contributed by atoms with Crippen LogP contribution in [0.25, 0.3) is 0 Å². The molecule has 2 aliphatic rings. The monoisotopic (exact) mass is 343 g/mol. The van der Waals surface area contributed by atoms with Gasteiger partial charge in [0.2, 0.25) is 0 Å². The van der Waals surface area contributed by atoms with E-state index in [-0.39, 0.29) is 24.3 Å². The first-order valence-corrected chi connectivity index (χ1v) is 8.26. The Labute approximate surface area is 144 Å². The second-order valence-corrected chi connectivity index (χ2v) is 6.24. The first kappa shape index (κ1) is 15.9. The third kappa shape index (κ3) is 2.93. The molecule has 0 unspecified atom stereocenters. The van der Waals surface area contributed by atoms with E-state index in [0.29, 0.717) is 36.7 Å². The van der Waals surface area contributed by atoms with Crippen LogP contribution in [0.1, 0.15) is 28.4 Å². The van der Waals surface area contributed by atoms with Crippen LogP contribution >= 0.6 is 0 Å². The summed E-state index contributed by atoms with van der Waals surface area (Å²) in [6.45, 7) is 1.07. The number of nitrogens with zero attached hydrogens (tertiary/aromatic N) is 1. The zero-order chi connectivity index (χ0) is 17.4. The molecule has 1 saturated heterocycles. The fourth-order valence-corrected chi connectivity index (χ4v) is 3.44. The van der Waals surface area contributed by atoms with E-state index in [1.54, 1.807) is 35.2 Å². The van der Waals surface area contributed by atoms with Crippen LogP contribution < -0.4 is 9.47 Å². The quantitative estimate of drug-likeness (QED) is 0.910. The van der Waals surface area contributed by atoms with E-state index >= 15 is 0 Å². The Kier molecular flexibility index (Phi) is 4.05. The highest BCUT2D eigenvalue weighted by molar-refractivity contribution is 5.98. The summed E-state index contributed by atoms with van der Waals surface area (Å²) in [5.41, 5.74) is 1.21. The van der Waals surface area contributed by atoms with E-state index in [1.165, 1.54) is 12.1 Å². The van der Waals surface area contributed by atoms with Gasteiger partial charge in [-0.15, -0.1) is 0 Å². The average molecular weight is 343 g/mol. The van der Waals surface area contributed by atoms with Crippen LogP contribution in [0.15, 0.2) is 42.5 Å². The minimum absolute atomic E-state index is 0.228. The molecule has 1 amide bonds. The molecule has 0 bridgehead atoms. The lowest BCUT2D eigenvalue weighted by Crippen LogP contribution is -2.32. The molecule has 2 aromatic carbocycles. The Bertz CT molecular complexity index is 793. The van der Waals surface area contributed by atoms with Gasteiger partial charge in [0.1, 0.15) is 19.0 Å². The van der Waals surface area contributed by atoms with Crippen LogP contribution in [0.4, 0.5) is 4.39 Å². The molecule has 130 valence electrons. The van der Waals surface area contributed by atoms with E-state index in [2.05, 4.69) is 0 Å². The maximum absolute atomic E-state index is 13.2. The normalized spacial score (nSPS) is 22.1. The van der Waals surface area contributed by atoms with Crippen LogP contribution in [-0.2, 0) is 0 Å². The number of carbonyl (C=O) groups is 1. The number of amides is 1. The molecule has 5 nitrogen and oxygen atoms in total. The van der Waals surface area contributed by atoms with Gasteiger partial charge >= 0.3 is 0 Å². The number of fused-ring (bicyclic) bond motifs is 1. The number of aliphatic hydroxyl groups is 1. The van der Waals surface area contributed by atoms with Crippen LogP contribution in [0, 0.1) is 5.82 Å². The van der Waals surface area contributed by atoms with Crippen LogP contribution in [0.5, 0.6) is 11.5 Å². The summed E-state index contributed by atoms with van der Waals surface area (Å²) in [6, 6.07) is 10.9. The highest BCUT2D eigenvalue weighted by Gasteiger charge is 2.37. The van der Waals surface area contributed by atoms with Gasteiger partial charge < -0.3 is 19.5 Å². The van der Waals surface area contributed by atoms with Gasteiger partial charge in [0.05, 0.1) is 17.7 Å². The van der Waals surface area contributed by atoms with Gasteiger partial charge in [-0.25, -0.2) is 4.39 Å². The fraction of sp³-hybridized carbons (Fsp3) is 0.316. The van der Waals surface area contributed by atoms with Crippen molar-refractivity contribution in [1.82, 2.24) is 4.90 Å². The number of hydrogen-bond acceptors (Lipinski definition) is 4. The van der Waals surface area contributed by atoms with Crippen molar-refractivity contribution in [3.8, 4) is 11.5 Å². The zero-order valence-electron chi connectivity index (χ0n) is 13.5. The number of likely N-dealkylation sites (tertiary alicyclic amines) is 1. The molecule has 2 atom stereocenters. The van der Waals surface area contributed by atoms with Gasteiger partial charge in [-0.05, 0) is 36.2 Å². The summed E-state index contributed by atoms with van der Waals surface area (Å²) in [6.07, 6.45) is -0.195. The number of aliphatic hydroxyl groups excluding tert-OH is 1. The first-order valence-electron chi connectivity index (χ1n) is 8.26. The molecule has 0 aliphatic carbocycles. The van der Waals surface area contributed by atoms with Crippen LogP contribution in [0.3, 0.4) is 0 Å². The molecule has 4 rings (SSSR count). The van der Waals surface area contributed by atoms with Gasteiger partial charge in [0, 0.05) is 6.54 Å². The van der Waals surface area contributed by atoms with Crippen molar-refractivity contribution in [2.45, 2.75) is 18.6 Å². The molecular formula is C19H18FNO4. The molecule has 1 N–H and O–H groups in total. The largest absolute Gasteiger partial charge is 0.486 e. The standard InChI is InChI=1S/C19H18FNO4/c20-13-6-4-12(5-7-13)16-10-14(22)11-21(16)19(23)15-2-1-3-17-18(15)25-9-8-24-17/h1-7,14,16,22H,8-11H2/t14-,16+/m1/s1. The van der Waals surface area contributed by atoms with Gasteiger partial charge in [0.25, 0.3) is 5.91 Å². The molecule has 1 fully saturated rings. The summed E-state index contributed by atoms with van der Waals surface area (Å²) >= 11 is 0. The molecule has 2 aromatic rings. The van der Waals surface area contributed by atoms with E-state index in [0.717, 1.165) is 5.56 Å². The summed E-state index contributed by atoms with van der Waals surface area (Å²) in [5, 5.41) is 10.1. The topological polar surface area (TPSA) is 59.0 Å². The summed E-state index contributed by atoms with van der Waals surface area (Å²) in [4.78, 5) is 14.7. The van der Waals surface area contributed by atoms with Crippen LogP contribution in [-0.4, -0.2) is 41.8 Å². The van der Waals surface area contributed by atoms with Crippen molar-refractivity contribution < 1.29 is 23.8 Å². The second kappa shape index (κ2) is 6.37. The van der Waals surface area contributed by atoms with Crippen molar-refractivity contribution in [2.24, 2.45) is 0 Å². The summed E-state index contributed by atoms with van der Waals surface area (Å²) in [7, 11) is 0. The number of carbonyl (C=O) groups excluding carboxylic acids is 1. The van der Waals surface area contributed by atoms with Gasteiger partial charge in [-0.2, -0.15) is 0 Å². The summed E-state index contributed by atoms with van der Waals surface area (Å²) < 4.78 is 24.4. The number of halogens is 1. The zero-order valence-corrected chi connectivity index (χ0v) is 13.5. The lowest BCUT2D eigenvalue weighted by molar-refractivity contribution is 0.0705. The minimum Gasteiger partial charge on any atom is -0.486 e. The highest BCUT2D eigenvalue weighted by Crippen LogP contribution is 2.38. The predicted molar refractivity (Wildman–Crippen MR) is 88.2 cm³/mol. The minimum atomic E-state index is -0.615. The number of rotatable bonds is 2. The first-order chi connectivity index (χ1) is 12.1. The summed E-state index contributed by atoms with van der Waals surface area (Å²) in [5.74, 6) is 0.434. The Morgan fingerprint density at radius 2 is 1.88 bits per heavy atom. The van der Waals surface area contributed by atoms with Crippen molar-refractivity contribution in [3.05, 3.63) is 59.4 Å². The van der Waals surface area contributed by atoms with E-state index in [4.69, 9.17) is 9.47 Å². The predicted octanol–water partition coefficient (Wildman–Crippen LogP) is 2.55. The number of β-amino-alcohol motifs (C(OH)–C–C–N with tert-alkyl or cyclic N) is 1. The highest BCUT2D eigenvalue weighted by atomic mass is 19.1. The van der Waals surface area contributed by atoms with Crippen molar-refractivity contribution in [2.75, 3.05) is 19.8 Å². The number of benzene rings is 2. The number of hydrogen-bond donors (Lipinski definition) is 1. The van der Waals surface area contributed by atoms with Crippen molar-refractivity contribution >= 4 is 5.91 Å². The van der Waals surface area contributed by atoms with E-state index in [1.807, 2.05) is 0 Å². The smallest absolute Gasteiger partial charge is 0.258 e. The molecule has 0 saturated carbocycles. The average Bonchev–Trinajstić information content (AvgIpc) is 3.03. The molecule has 2 heterocycles. The molecule has 0 aromatic heterocycles. The molecule has 6 heteroatoms. The Morgan fingerprint density at radius 1 is 1.12 bits per heavy atom. The number of ether oxygens (including phenoxy) is 2. The maximum Gasteiger partial charge on any atom is 0.258 e. The molecule has 0 radical (unpaired) electrons. The molecule has 0 spiro atoms. The maximum atomic E-state index is 13.2. The molecule has 25 heavy (non-hydrogen) atoms. The van der Waals surface area contributed by atoms with E-state index < -0.39 is 6.10 Å².